The standard InChI is InChI=1S/C8H5NO3/c9-4-6-5(8(11)12)2-1-3-7(6)10/h1-3,10H,(H,11,12). The smallest absolute Gasteiger partial charge is 0.337 e. The number of aromatic hydroxyl groups is 1. The van der Waals surface area contributed by atoms with Crippen LogP contribution < -0.4 is 0 Å². The summed E-state index contributed by atoms with van der Waals surface area (Å²) in [5, 5.41) is 26.1. The van der Waals surface area contributed by atoms with Gasteiger partial charge in [-0.25, -0.2) is 4.79 Å². The van der Waals surface area contributed by atoms with Crippen LogP contribution in [0.15, 0.2) is 18.2 Å². The molecule has 1 rings (SSSR count). The highest BCUT2D eigenvalue weighted by Crippen LogP contribution is 2.19. The quantitative estimate of drug-likeness (QED) is 0.646. The summed E-state index contributed by atoms with van der Waals surface area (Å²) in [6, 6.07) is 5.52. The Kier molecular flexibility index (Phi) is 1.97. The van der Waals surface area contributed by atoms with Crippen molar-refractivity contribution in [3.05, 3.63) is 29.3 Å². The van der Waals surface area contributed by atoms with E-state index in [-0.39, 0.29) is 16.9 Å². The Balaban J connectivity index is 3.40. The molecule has 4 heteroatoms. The average Bonchev–Trinajstić information content (AvgIpc) is 2.03. The first-order valence-corrected chi connectivity index (χ1v) is 3.12. The van der Waals surface area contributed by atoms with Gasteiger partial charge in [0, 0.05) is 0 Å². The highest BCUT2D eigenvalue weighted by molar-refractivity contribution is 5.91. The number of phenolic OH excluding ortho intramolecular Hbond substituents is 1. The molecule has 2 N–H and O–H groups in total. The number of aromatic carboxylic acids is 1. The fourth-order valence-corrected chi connectivity index (χ4v) is 0.836. The second-order valence-corrected chi connectivity index (χ2v) is 2.12. The average molecular weight is 163 g/mol. The molecule has 0 aliphatic rings. The molecule has 0 saturated heterocycles. The second kappa shape index (κ2) is 2.93. The number of carbonyl (C=O) groups is 1. The van der Waals surface area contributed by atoms with Crippen LogP contribution in [0.4, 0.5) is 0 Å². The molecule has 0 bridgehead atoms. The number of carboxylic acid groups (broad SMARTS) is 1. The predicted octanol–water partition coefficient (Wildman–Crippen LogP) is 0.962. The molecule has 0 aliphatic heterocycles. The van der Waals surface area contributed by atoms with Crippen LogP contribution in [0.25, 0.3) is 0 Å². The molecule has 12 heavy (non-hydrogen) atoms. The molecule has 0 unspecified atom stereocenters. The molecular weight excluding hydrogens is 158 g/mol. The van der Waals surface area contributed by atoms with E-state index >= 15 is 0 Å². The van der Waals surface area contributed by atoms with Gasteiger partial charge in [-0.2, -0.15) is 5.26 Å². The van der Waals surface area contributed by atoms with Crippen LogP contribution in [0.5, 0.6) is 5.75 Å². The van der Waals surface area contributed by atoms with E-state index in [2.05, 4.69) is 0 Å². The maximum absolute atomic E-state index is 10.5. The molecule has 1 aromatic rings. The number of rotatable bonds is 1. The fourth-order valence-electron chi connectivity index (χ4n) is 0.836. The van der Waals surface area contributed by atoms with Crippen LogP contribution in [0.1, 0.15) is 15.9 Å². The zero-order valence-corrected chi connectivity index (χ0v) is 5.98. The van der Waals surface area contributed by atoms with Gasteiger partial charge in [0.15, 0.2) is 0 Å². The molecule has 0 atom stereocenters. The number of nitrogens with zero attached hydrogens (tertiary/aromatic N) is 1. The van der Waals surface area contributed by atoms with Crippen LogP contribution in [-0.2, 0) is 0 Å². The van der Waals surface area contributed by atoms with Gasteiger partial charge < -0.3 is 10.2 Å². The second-order valence-electron chi connectivity index (χ2n) is 2.12. The Hall–Kier alpha value is -2.02. The van der Waals surface area contributed by atoms with Gasteiger partial charge in [0.1, 0.15) is 17.4 Å². The topological polar surface area (TPSA) is 81.3 Å². The van der Waals surface area contributed by atoms with Gasteiger partial charge in [-0.1, -0.05) is 6.07 Å². The first kappa shape index (κ1) is 8.08. The molecule has 60 valence electrons. The van der Waals surface area contributed by atoms with Crippen molar-refractivity contribution in [2.45, 2.75) is 0 Å². The van der Waals surface area contributed by atoms with Crippen LogP contribution in [0.2, 0.25) is 0 Å². The van der Waals surface area contributed by atoms with Crippen molar-refractivity contribution < 1.29 is 15.0 Å². The lowest BCUT2D eigenvalue weighted by Gasteiger charge is -1.98. The third-order valence-electron chi connectivity index (χ3n) is 1.38. The van der Waals surface area contributed by atoms with Gasteiger partial charge in [0.25, 0.3) is 0 Å². The van der Waals surface area contributed by atoms with Crippen molar-refractivity contribution in [1.29, 1.82) is 5.26 Å². The minimum atomic E-state index is -1.22. The molecule has 0 saturated carbocycles. The summed E-state index contributed by atoms with van der Waals surface area (Å²) in [6.45, 7) is 0. The molecule has 0 amide bonds. The highest BCUT2D eigenvalue weighted by atomic mass is 16.4. The normalized spacial score (nSPS) is 8.92. The lowest BCUT2D eigenvalue weighted by Crippen LogP contribution is -1.99. The summed E-state index contributed by atoms with van der Waals surface area (Å²) in [5.74, 6) is -1.53. The van der Waals surface area contributed by atoms with Gasteiger partial charge in [-0.15, -0.1) is 0 Å². The van der Waals surface area contributed by atoms with Gasteiger partial charge in [-0.05, 0) is 12.1 Å². The van der Waals surface area contributed by atoms with Gasteiger partial charge in [0.2, 0.25) is 0 Å². The van der Waals surface area contributed by atoms with Gasteiger partial charge >= 0.3 is 5.97 Å². The van der Waals surface area contributed by atoms with Crippen molar-refractivity contribution in [1.82, 2.24) is 0 Å². The lowest BCUT2D eigenvalue weighted by atomic mass is 10.1. The summed E-state index contributed by atoms with van der Waals surface area (Å²) in [5.41, 5.74) is -0.387. The molecule has 4 nitrogen and oxygen atoms in total. The van der Waals surface area contributed by atoms with E-state index < -0.39 is 5.97 Å². The van der Waals surface area contributed by atoms with E-state index in [1.807, 2.05) is 0 Å². The first-order valence-electron chi connectivity index (χ1n) is 3.12. The molecular formula is C8H5NO3. The first-order chi connectivity index (χ1) is 5.66. The summed E-state index contributed by atoms with van der Waals surface area (Å²) in [6.07, 6.45) is 0. The minimum Gasteiger partial charge on any atom is -0.507 e. The van der Waals surface area contributed by atoms with Gasteiger partial charge in [-0.3, -0.25) is 0 Å². The van der Waals surface area contributed by atoms with Crippen molar-refractivity contribution in [2.75, 3.05) is 0 Å². The van der Waals surface area contributed by atoms with E-state index in [4.69, 9.17) is 15.5 Å². The van der Waals surface area contributed by atoms with Crippen molar-refractivity contribution in [3.8, 4) is 11.8 Å². The zero-order valence-electron chi connectivity index (χ0n) is 5.98. The number of hydrogen-bond donors (Lipinski definition) is 2. The number of phenols is 1. The zero-order chi connectivity index (χ0) is 9.14. The Morgan fingerprint density at radius 1 is 1.50 bits per heavy atom. The number of carboxylic acids is 1. The largest absolute Gasteiger partial charge is 0.507 e. The van der Waals surface area contributed by atoms with Gasteiger partial charge in [0.05, 0.1) is 5.56 Å². The van der Waals surface area contributed by atoms with Crippen LogP contribution >= 0.6 is 0 Å². The summed E-state index contributed by atoms with van der Waals surface area (Å²) in [7, 11) is 0. The summed E-state index contributed by atoms with van der Waals surface area (Å²) >= 11 is 0. The number of nitriles is 1. The monoisotopic (exact) mass is 163 g/mol. The van der Waals surface area contributed by atoms with E-state index in [9.17, 15) is 4.79 Å². The van der Waals surface area contributed by atoms with E-state index in [1.54, 1.807) is 6.07 Å². The van der Waals surface area contributed by atoms with Crippen molar-refractivity contribution in [3.63, 3.8) is 0 Å². The molecule has 0 heterocycles. The summed E-state index contributed by atoms with van der Waals surface area (Å²) < 4.78 is 0. The van der Waals surface area contributed by atoms with Crippen molar-refractivity contribution in [2.24, 2.45) is 0 Å². The molecule has 0 radical (unpaired) electrons. The third-order valence-corrected chi connectivity index (χ3v) is 1.38. The van der Waals surface area contributed by atoms with E-state index in [1.165, 1.54) is 18.2 Å². The summed E-state index contributed by atoms with van der Waals surface area (Å²) in [4.78, 5) is 10.5. The molecule has 0 aliphatic carbocycles. The highest BCUT2D eigenvalue weighted by Gasteiger charge is 2.12. The predicted molar refractivity (Wildman–Crippen MR) is 39.8 cm³/mol. The Bertz CT molecular complexity index is 365. The molecule has 0 fully saturated rings. The molecule has 1 aromatic carbocycles. The van der Waals surface area contributed by atoms with Crippen molar-refractivity contribution >= 4 is 5.97 Å². The number of hydrogen-bond acceptors (Lipinski definition) is 3. The maximum atomic E-state index is 10.5. The SMILES string of the molecule is N#Cc1c(O)cccc1C(=O)O. The maximum Gasteiger partial charge on any atom is 0.337 e. The Labute approximate surface area is 68.3 Å². The fraction of sp³-hybridized carbons (Fsp3) is 0. The third kappa shape index (κ3) is 1.20. The van der Waals surface area contributed by atoms with Crippen LogP contribution in [0.3, 0.4) is 0 Å². The van der Waals surface area contributed by atoms with Crippen LogP contribution in [-0.4, -0.2) is 16.2 Å². The molecule has 0 aromatic heterocycles. The molecule has 0 spiro atoms. The van der Waals surface area contributed by atoms with E-state index in [0.717, 1.165) is 0 Å². The minimum absolute atomic E-state index is 0.183. The lowest BCUT2D eigenvalue weighted by molar-refractivity contribution is 0.0696. The van der Waals surface area contributed by atoms with E-state index in [0.29, 0.717) is 0 Å². The Morgan fingerprint density at radius 3 is 2.58 bits per heavy atom. The number of benzene rings is 1. The van der Waals surface area contributed by atoms with Crippen LogP contribution in [0, 0.1) is 11.3 Å². The Morgan fingerprint density at radius 2 is 2.17 bits per heavy atom.